The number of aryl methyl sites for hydroxylation is 1. The van der Waals surface area contributed by atoms with Crippen LogP contribution in [0.4, 0.5) is 5.82 Å². The van der Waals surface area contributed by atoms with Crippen molar-refractivity contribution in [1.82, 2.24) is 10.2 Å². The second kappa shape index (κ2) is 5.66. The summed E-state index contributed by atoms with van der Waals surface area (Å²) in [5, 5.41) is 8.26. The Labute approximate surface area is 91.5 Å². The molecule has 1 rings (SSSR count). The van der Waals surface area contributed by atoms with Gasteiger partial charge in [0.2, 0.25) is 0 Å². The molecule has 84 valence electrons. The van der Waals surface area contributed by atoms with Crippen molar-refractivity contribution in [2.75, 3.05) is 18.0 Å². The van der Waals surface area contributed by atoms with Crippen LogP contribution in [0.5, 0.6) is 0 Å². The molecule has 2 N–H and O–H groups in total. The molecule has 0 aromatic carbocycles. The maximum absolute atomic E-state index is 5.52. The maximum atomic E-state index is 5.52. The van der Waals surface area contributed by atoms with Crippen molar-refractivity contribution in [3.8, 4) is 0 Å². The summed E-state index contributed by atoms with van der Waals surface area (Å²) in [6.07, 6.45) is 0.980. The Morgan fingerprint density at radius 3 is 2.53 bits per heavy atom. The van der Waals surface area contributed by atoms with E-state index in [9.17, 15) is 0 Å². The molecule has 0 atom stereocenters. The first-order valence-electron chi connectivity index (χ1n) is 5.42. The third-order valence-corrected chi connectivity index (χ3v) is 2.30. The third kappa shape index (κ3) is 3.47. The van der Waals surface area contributed by atoms with Crippen LogP contribution >= 0.6 is 0 Å². The van der Waals surface area contributed by atoms with Gasteiger partial charge in [0.05, 0.1) is 5.69 Å². The molecule has 0 saturated heterocycles. The van der Waals surface area contributed by atoms with E-state index in [4.69, 9.17) is 5.73 Å². The second-order valence-corrected chi connectivity index (χ2v) is 3.96. The molecule has 0 unspecified atom stereocenters. The molecule has 4 nitrogen and oxygen atoms in total. The largest absolute Gasteiger partial charge is 0.353 e. The lowest BCUT2D eigenvalue weighted by atomic mass is 10.2. The Hall–Kier alpha value is -1.16. The smallest absolute Gasteiger partial charge is 0.151 e. The number of nitrogens with two attached hydrogens (primary N) is 1. The summed E-state index contributed by atoms with van der Waals surface area (Å²) in [6, 6.07) is 4.42. The third-order valence-electron chi connectivity index (χ3n) is 2.30. The first-order chi connectivity index (χ1) is 7.15. The summed E-state index contributed by atoms with van der Waals surface area (Å²) in [5.74, 6) is 0.934. The van der Waals surface area contributed by atoms with Crippen molar-refractivity contribution in [2.24, 2.45) is 5.73 Å². The normalized spacial score (nSPS) is 10.7. The highest BCUT2D eigenvalue weighted by molar-refractivity contribution is 5.38. The highest BCUT2D eigenvalue weighted by atomic mass is 15.3. The van der Waals surface area contributed by atoms with Gasteiger partial charge in [-0.3, -0.25) is 0 Å². The predicted molar refractivity (Wildman–Crippen MR) is 62.9 cm³/mol. The highest BCUT2D eigenvalue weighted by Gasteiger charge is 2.11. The molecule has 0 aliphatic rings. The van der Waals surface area contributed by atoms with Crippen LogP contribution in [0, 0.1) is 6.92 Å². The number of anilines is 1. The van der Waals surface area contributed by atoms with Crippen molar-refractivity contribution in [2.45, 2.75) is 33.2 Å². The van der Waals surface area contributed by atoms with Gasteiger partial charge in [-0.1, -0.05) is 0 Å². The zero-order chi connectivity index (χ0) is 11.3. The molecule has 0 radical (unpaired) electrons. The molecule has 1 heterocycles. The average Bonchev–Trinajstić information content (AvgIpc) is 2.21. The fourth-order valence-electron chi connectivity index (χ4n) is 1.44. The van der Waals surface area contributed by atoms with Crippen molar-refractivity contribution in [3.05, 3.63) is 17.8 Å². The van der Waals surface area contributed by atoms with Gasteiger partial charge in [-0.2, -0.15) is 5.10 Å². The molecule has 1 aromatic heterocycles. The van der Waals surface area contributed by atoms with Gasteiger partial charge >= 0.3 is 0 Å². The Kier molecular flexibility index (Phi) is 4.49. The van der Waals surface area contributed by atoms with Gasteiger partial charge in [-0.25, -0.2) is 0 Å². The predicted octanol–water partition coefficient (Wildman–Crippen LogP) is 1.35. The monoisotopic (exact) mass is 208 g/mol. The van der Waals surface area contributed by atoms with Crippen LogP contribution < -0.4 is 10.6 Å². The summed E-state index contributed by atoms with van der Waals surface area (Å²) in [6.45, 7) is 7.89. The Morgan fingerprint density at radius 1 is 1.33 bits per heavy atom. The molecule has 0 fully saturated rings. The van der Waals surface area contributed by atoms with E-state index in [2.05, 4.69) is 28.9 Å². The van der Waals surface area contributed by atoms with Crippen LogP contribution in [0.15, 0.2) is 12.1 Å². The van der Waals surface area contributed by atoms with E-state index in [-0.39, 0.29) is 0 Å². The molecule has 0 spiro atoms. The lowest BCUT2D eigenvalue weighted by molar-refractivity contribution is 0.643. The number of rotatable bonds is 5. The molecule has 0 aliphatic carbocycles. The van der Waals surface area contributed by atoms with E-state index in [1.165, 1.54) is 0 Å². The standard InChI is InChI=1S/C11H20N4/c1-9(2)15(8-4-7-12)11-6-5-10(3)13-14-11/h5-6,9H,4,7-8,12H2,1-3H3. The van der Waals surface area contributed by atoms with Crippen molar-refractivity contribution >= 4 is 5.82 Å². The van der Waals surface area contributed by atoms with Gasteiger partial charge in [0.1, 0.15) is 0 Å². The fraction of sp³-hybridized carbons (Fsp3) is 0.636. The van der Waals surface area contributed by atoms with Gasteiger partial charge in [0.15, 0.2) is 5.82 Å². The van der Waals surface area contributed by atoms with Gasteiger partial charge in [0, 0.05) is 12.6 Å². The number of nitrogens with zero attached hydrogens (tertiary/aromatic N) is 3. The number of hydrogen-bond donors (Lipinski definition) is 1. The van der Waals surface area contributed by atoms with Crippen LogP contribution in [0.25, 0.3) is 0 Å². The number of aromatic nitrogens is 2. The summed E-state index contributed by atoms with van der Waals surface area (Å²) in [5.41, 5.74) is 6.46. The van der Waals surface area contributed by atoms with Crippen LogP contribution in [-0.4, -0.2) is 29.3 Å². The minimum Gasteiger partial charge on any atom is -0.353 e. The molecule has 15 heavy (non-hydrogen) atoms. The van der Waals surface area contributed by atoms with Gasteiger partial charge in [-0.15, -0.1) is 5.10 Å². The Morgan fingerprint density at radius 2 is 2.07 bits per heavy atom. The topological polar surface area (TPSA) is 55.0 Å². The van der Waals surface area contributed by atoms with Crippen LogP contribution in [0.3, 0.4) is 0 Å². The van der Waals surface area contributed by atoms with E-state index >= 15 is 0 Å². The van der Waals surface area contributed by atoms with Gasteiger partial charge < -0.3 is 10.6 Å². The van der Waals surface area contributed by atoms with Gasteiger partial charge in [-0.05, 0) is 45.9 Å². The quantitative estimate of drug-likeness (QED) is 0.793. The minimum atomic E-state index is 0.425. The summed E-state index contributed by atoms with van der Waals surface area (Å²) in [4.78, 5) is 2.22. The highest BCUT2D eigenvalue weighted by Crippen LogP contribution is 2.13. The van der Waals surface area contributed by atoms with E-state index in [0.717, 1.165) is 24.5 Å². The summed E-state index contributed by atoms with van der Waals surface area (Å²) in [7, 11) is 0. The van der Waals surface area contributed by atoms with Gasteiger partial charge in [0.25, 0.3) is 0 Å². The van der Waals surface area contributed by atoms with Crippen LogP contribution in [-0.2, 0) is 0 Å². The first kappa shape index (κ1) is 11.9. The number of hydrogen-bond acceptors (Lipinski definition) is 4. The fourth-order valence-corrected chi connectivity index (χ4v) is 1.44. The molecule has 0 aliphatic heterocycles. The molecule has 0 saturated carbocycles. The van der Waals surface area contributed by atoms with Crippen molar-refractivity contribution < 1.29 is 0 Å². The molecule has 4 heteroatoms. The van der Waals surface area contributed by atoms with E-state index in [1.807, 2.05) is 19.1 Å². The average molecular weight is 208 g/mol. The maximum Gasteiger partial charge on any atom is 0.151 e. The second-order valence-electron chi connectivity index (χ2n) is 3.96. The summed E-state index contributed by atoms with van der Waals surface area (Å²) >= 11 is 0. The molecular formula is C11H20N4. The van der Waals surface area contributed by atoms with Crippen molar-refractivity contribution in [3.63, 3.8) is 0 Å². The molecular weight excluding hydrogens is 188 g/mol. The molecule has 0 bridgehead atoms. The lowest BCUT2D eigenvalue weighted by Crippen LogP contribution is -2.33. The summed E-state index contributed by atoms with van der Waals surface area (Å²) < 4.78 is 0. The van der Waals surface area contributed by atoms with Crippen molar-refractivity contribution in [1.29, 1.82) is 0 Å². The zero-order valence-corrected chi connectivity index (χ0v) is 9.77. The molecule has 0 amide bonds. The van der Waals surface area contributed by atoms with E-state index in [0.29, 0.717) is 12.6 Å². The minimum absolute atomic E-state index is 0.425. The van der Waals surface area contributed by atoms with E-state index in [1.54, 1.807) is 0 Å². The SMILES string of the molecule is Cc1ccc(N(CCCN)C(C)C)nn1. The van der Waals surface area contributed by atoms with E-state index < -0.39 is 0 Å². The Balaban J connectivity index is 2.74. The first-order valence-corrected chi connectivity index (χ1v) is 5.42. The lowest BCUT2D eigenvalue weighted by Gasteiger charge is -2.27. The Bertz CT molecular complexity index is 281. The van der Waals surface area contributed by atoms with Crippen LogP contribution in [0.2, 0.25) is 0 Å². The van der Waals surface area contributed by atoms with Crippen LogP contribution in [0.1, 0.15) is 26.0 Å². The molecule has 1 aromatic rings. The zero-order valence-electron chi connectivity index (χ0n) is 9.77.